The van der Waals surface area contributed by atoms with E-state index >= 15 is 0 Å². The SMILES string of the molecule is CCCCNC(=O)c1cc(C(=O)NN)c(OCCOCCOCCOC)cc1OCCOCCOCCOC. The summed E-state index contributed by atoms with van der Waals surface area (Å²) in [5, 5.41) is 2.84. The standard InChI is InChI=1S/C26H45N3O10/c1-4-5-6-28-25(30)21-19-22(26(31)29-27)24(39-18-16-37-14-12-35-10-8-33-3)20-23(21)38-17-15-36-13-11-34-9-7-32-2/h19-20H,4-18,27H2,1-3H3,(H,28,30)(H,29,31). The Balaban J connectivity index is 2.81. The third-order valence-corrected chi connectivity index (χ3v) is 5.10. The quantitative estimate of drug-likeness (QED) is 0.0677. The molecule has 2 amide bonds. The number of rotatable bonds is 25. The molecule has 13 heteroatoms. The number of hydrogen-bond acceptors (Lipinski definition) is 11. The van der Waals surface area contributed by atoms with E-state index in [0.717, 1.165) is 12.8 Å². The molecule has 224 valence electrons. The normalized spacial score (nSPS) is 10.9. The summed E-state index contributed by atoms with van der Waals surface area (Å²) < 4.78 is 43.2. The first-order valence-electron chi connectivity index (χ1n) is 13.1. The third kappa shape index (κ3) is 15.6. The summed E-state index contributed by atoms with van der Waals surface area (Å²) in [6.07, 6.45) is 1.74. The highest BCUT2D eigenvalue weighted by Gasteiger charge is 2.21. The molecule has 0 aromatic heterocycles. The van der Waals surface area contributed by atoms with Crippen molar-refractivity contribution in [2.24, 2.45) is 5.84 Å². The Morgan fingerprint density at radius 2 is 1.10 bits per heavy atom. The minimum absolute atomic E-state index is 0.0952. The zero-order valence-corrected chi connectivity index (χ0v) is 23.4. The van der Waals surface area contributed by atoms with Crippen LogP contribution < -0.4 is 26.1 Å². The Kier molecular flexibility index (Phi) is 20.7. The van der Waals surface area contributed by atoms with Crippen LogP contribution in [0.3, 0.4) is 0 Å². The Labute approximate surface area is 230 Å². The molecule has 0 fully saturated rings. The molecule has 1 aromatic carbocycles. The number of nitrogens with one attached hydrogen (secondary N) is 2. The summed E-state index contributed by atoms with van der Waals surface area (Å²) in [6.45, 7) is 6.99. The van der Waals surface area contributed by atoms with Crippen LogP contribution in [0.25, 0.3) is 0 Å². The van der Waals surface area contributed by atoms with Crippen molar-refractivity contribution in [2.45, 2.75) is 19.8 Å². The number of ether oxygens (including phenoxy) is 8. The highest BCUT2D eigenvalue weighted by Crippen LogP contribution is 2.30. The van der Waals surface area contributed by atoms with E-state index in [1.54, 1.807) is 14.2 Å². The van der Waals surface area contributed by atoms with Gasteiger partial charge in [0.05, 0.1) is 77.2 Å². The van der Waals surface area contributed by atoms with Gasteiger partial charge in [-0.2, -0.15) is 0 Å². The number of hydrazine groups is 1. The molecule has 0 atom stereocenters. The van der Waals surface area contributed by atoms with E-state index in [9.17, 15) is 9.59 Å². The Bertz CT molecular complexity index is 797. The number of nitrogen functional groups attached to an aromatic ring is 1. The number of benzene rings is 1. The van der Waals surface area contributed by atoms with Crippen LogP contribution in [0, 0.1) is 0 Å². The van der Waals surface area contributed by atoms with Crippen molar-refractivity contribution in [1.82, 2.24) is 10.7 Å². The van der Waals surface area contributed by atoms with Gasteiger partial charge in [-0.15, -0.1) is 0 Å². The number of nitrogens with two attached hydrogens (primary N) is 1. The number of carbonyl (C=O) groups excluding carboxylic acids is 2. The van der Waals surface area contributed by atoms with Crippen molar-refractivity contribution >= 4 is 11.8 Å². The molecule has 0 spiro atoms. The predicted octanol–water partition coefficient (Wildman–Crippen LogP) is 0.937. The summed E-state index contributed by atoms with van der Waals surface area (Å²) >= 11 is 0. The van der Waals surface area contributed by atoms with E-state index < -0.39 is 5.91 Å². The topological polar surface area (TPSA) is 158 Å². The fourth-order valence-electron chi connectivity index (χ4n) is 3.06. The maximum absolute atomic E-state index is 12.9. The van der Waals surface area contributed by atoms with Gasteiger partial charge in [0.1, 0.15) is 24.7 Å². The van der Waals surface area contributed by atoms with Crippen molar-refractivity contribution in [3.8, 4) is 11.5 Å². The van der Waals surface area contributed by atoms with Crippen LogP contribution in [0.1, 0.15) is 40.5 Å². The van der Waals surface area contributed by atoms with Crippen molar-refractivity contribution in [2.75, 3.05) is 100 Å². The lowest BCUT2D eigenvalue weighted by atomic mass is 10.1. The molecule has 1 rings (SSSR count). The molecular weight excluding hydrogens is 514 g/mol. The van der Waals surface area contributed by atoms with Gasteiger partial charge in [0.15, 0.2) is 0 Å². The third-order valence-electron chi connectivity index (χ3n) is 5.10. The van der Waals surface area contributed by atoms with Crippen LogP contribution in [-0.2, 0) is 28.4 Å². The maximum Gasteiger partial charge on any atom is 0.268 e. The fraction of sp³-hybridized carbons (Fsp3) is 0.692. The van der Waals surface area contributed by atoms with Crippen molar-refractivity contribution in [1.29, 1.82) is 0 Å². The zero-order chi connectivity index (χ0) is 28.6. The number of amides is 2. The van der Waals surface area contributed by atoms with Gasteiger partial charge >= 0.3 is 0 Å². The molecule has 13 nitrogen and oxygen atoms in total. The zero-order valence-electron chi connectivity index (χ0n) is 23.4. The molecule has 0 saturated carbocycles. The van der Waals surface area contributed by atoms with Gasteiger partial charge < -0.3 is 43.2 Å². The van der Waals surface area contributed by atoms with E-state index in [4.69, 9.17) is 43.7 Å². The van der Waals surface area contributed by atoms with E-state index in [1.165, 1.54) is 12.1 Å². The predicted molar refractivity (Wildman–Crippen MR) is 143 cm³/mol. The second-order valence-corrected chi connectivity index (χ2v) is 8.06. The molecule has 0 bridgehead atoms. The molecule has 1 aromatic rings. The Morgan fingerprint density at radius 3 is 1.54 bits per heavy atom. The van der Waals surface area contributed by atoms with Gasteiger partial charge in [-0.3, -0.25) is 15.0 Å². The van der Waals surface area contributed by atoms with Gasteiger partial charge in [0.2, 0.25) is 0 Å². The van der Waals surface area contributed by atoms with Crippen molar-refractivity contribution < 1.29 is 47.5 Å². The number of unbranched alkanes of at least 4 members (excludes halogenated alkanes) is 1. The molecule has 0 heterocycles. The molecule has 39 heavy (non-hydrogen) atoms. The van der Waals surface area contributed by atoms with Crippen LogP contribution in [0.4, 0.5) is 0 Å². The van der Waals surface area contributed by atoms with Gasteiger partial charge in [0, 0.05) is 26.8 Å². The van der Waals surface area contributed by atoms with Gasteiger partial charge in [-0.25, -0.2) is 5.84 Å². The summed E-state index contributed by atoms with van der Waals surface area (Å²) in [4.78, 5) is 25.4. The lowest BCUT2D eigenvalue weighted by molar-refractivity contribution is 0.0174. The van der Waals surface area contributed by atoms with E-state index in [1.807, 2.05) is 6.92 Å². The highest BCUT2D eigenvalue weighted by molar-refractivity contribution is 6.03. The summed E-state index contributed by atoms with van der Waals surface area (Å²) in [5.41, 5.74) is 2.37. The second-order valence-electron chi connectivity index (χ2n) is 8.06. The van der Waals surface area contributed by atoms with E-state index in [0.29, 0.717) is 59.4 Å². The molecule has 0 aliphatic rings. The van der Waals surface area contributed by atoms with Crippen LogP contribution in [0.2, 0.25) is 0 Å². The summed E-state index contributed by atoms with van der Waals surface area (Å²) in [5.74, 6) is 4.84. The molecule has 0 aliphatic carbocycles. The molecule has 0 unspecified atom stereocenters. The Hall–Kier alpha value is -2.52. The van der Waals surface area contributed by atoms with E-state index in [2.05, 4.69) is 10.7 Å². The van der Waals surface area contributed by atoms with Gasteiger partial charge in [-0.05, 0) is 12.5 Å². The highest BCUT2D eigenvalue weighted by atomic mass is 16.6. The lowest BCUT2D eigenvalue weighted by Gasteiger charge is -2.17. The monoisotopic (exact) mass is 559 g/mol. The fourth-order valence-corrected chi connectivity index (χ4v) is 3.06. The lowest BCUT2D eigenvalue weighted by Crippen LogP contribution is -2.31. The molecular formula is C26H45N3O10. The molecule has 0 radical (unpaired) electrons. The molecule has 4 N–H and O–H groups in total. The smallest absolute Gasteiger partial charge is 0.268 e. The van der Waals surface area contributed by atoms with Gasteiger partial charge in [0.25, 0.3) is 11.8 Å². The Morgan fingerprint density at radius 1 is 0.667 bits per heavy atom. The number of methoxy groups -OCH3 is 2. The van der Waals surface area contributed by atoms with Gasteiger partial charge in [-0.1, -0.05) is 13.3 Å². The largest absolute Gasteiger partial charge is 0.490 e. The minimum Gasteiger partial charge on any atom is -0.490 e. The van der Waals surface area contributed by atoms with Crippen LogP contribution >= 0.6 is 0 Å². The van der Waals surface area contributed by atoms with E-state index in [-0.39, 0.29) is 55.0 Å². The average molecular weight is 560 g/mol. The first kappa shape index (κ1) is 34.5. The first-order valence-corrected chi connectivity index (χ1v) is 13.1. The van der Waals surface area contributed by atoms with Crippen LogP contribution in [-0.4, -0.2) is 112 Å². The maximum atomic E-state index is 12.9. The number of carbonyl (C=O) groups is 2. The summed E-state index contributed by atoms with van der Waals surface area (Å²) in [6, 6.07) is 2.91. The first-order chi connectivity index (χ1) is 19.1. The summed E-state index contributed by atoms with van der Waals surface area (Å²) in [7, 11) is 3.21. The average Bonchev–Trinajstić information content (AvgIpc) is 2.95. The van der Waals surface area contributed by atoms with Crippen LogP contribution in [0.15, 0.2) is 12.1 Å². The number of hydrogen-bond donors (Lipinski definition) is 3. The molecule has 0 aliphatic heterocycles. The minimum atomic E-state index is -0.608. The van der Waals surface area contributed by atoms with Crippen molar-refractivity contribution in [3.63, 3.8) is 0 Å². The van der Waals surface area contributed by atoms with Crippen molar-refractivity contribution in [3.05, 3.63) is 23.3 Å². The second kappa shape index (κ2) is 23.4. The molecule has 0 saturated heterocycles. The van der Waals surface area contributed by atoms with Crippen LogP contribution in [0.5, 0.6) is 11.5 Å².